The number of hydrogen-bond acceptors (Lipinski definition) is 2. The van der Waals surface area contributed by atoms with E-state index in [1.165, 1.54) is 25.7 Å². The zero-order valence-electron chi connectivity index (χ0n) is 12.1. The molecule has 0 unspecified atom stereocenters. The van der Waals surface area contributed by atoms with Crippen molar-refractivity contribution in [3.8, 4) is 0 Å². The number of nitrogens with zero attached hydrogens (tertiary/aromatic N) is 1. The molecule has 2 aliphatic carbocycles. The van der Waals surface area contributed by atoms with Gasteiger partial charge in [-0.05, 0) is 56.2 Å². The van der Waals surface area contributed by atoms with Crippen LogP contribution in [-0.4, -0.2) is 10.7 Å². The topological polar surface area (TPSA) is 12.4 Å². The van der Waals surface area contributed by atoms with Crippen LogP contribution in [0.3, 0.4) is 0 Å². The van der Waals surface area contributed by atoms with E-state index in [0.717, 1.165) is 6.42 Å². The minimum atomic E-state index is -0.0185. The van der Waals surface area contributed by atoms with Crippen molar-refractivity contribution in [2.45, 2.75) is 65.3 Å². The van der Waals surface area contributed by atoms with Crippen molar-refractivity contribution >= 4 is 17.4 Å². The maximum atomic E-state index is 4.88. The predicted octanol–water partition coefficient (Wildman–Crippen LogP) is 5.03. The minimum Gasteiger partial charge on any atom is -0.225 e. The van der Waals surface area contributed by atoms with E-state index in [1.54, 1.807) is 5.57 Å². The fourth-order valence-corrected chi connectivity index (χ4v) is 4.22. The summed E-state index contributed by atoms with van der Waals surface area (Å²) >= 11 is 4.88. The summed E-state index contributed by atoms with van der Waals surface area (Å²) in [5, 5.41) is 2.65. The van der Waals surface area contributed by atoms with Crippen LogP contribution in [0.1, 0.15) is 59.8 Å². The van der Waals surface area contributed by atoms with E-state index in [-0.39, 0.29) is 5.54 Å². The summed E-state index contributed by atoms with van der Waals surface area (Å²) in [4.78, 5) is 4.56. The normalized spacial score (nSPS) is 39.8. The van der Waals surface area contributed by atoms with Crippen LogP contribution < -0.4 is 0 Å². The highest BCUT2D eigenvalue weighted by molar-refractivity contribution is 7.78. The summed E-state index contributed by atoms with van der Waals surface area (Å²) in [6.07, 6.45) is 8.87. The molecule has 1 nitrogen and oxygen atoms in total. The summed E-state index contributed by atoms with van der Waals surface area (Å²) in [5.74, 6) is 1.21. The maximum Gasteiger partial charge on any atom is 0.0750 e. The van der Waals surface area contributed by atoms with Gasteiger partial charge >= 0.3 is 0 Å². The molecule has 0 aromatic carbocycles. The third-order valence-electron chi connectivity index (χ3n) is 5.26. The van der Waals surface area contributed by atoms with Gasteiger partial charge < -0.3 is 0 Å². The molecule has 0 aromatic rings. The molecule has 0 bridgehead atoms. The maximum absolute atomic E-state index is 4.88. The summed E-state index contributed by atoms with van der Waals surface area (Å²) < 4.78 is 0. The molecule has 0 aliphatic heterocycles. The van der Waals surface area contributed by atoms with E-state index in [0.29, 0.717) is 17.3 Å². The van der Waals surface area contributed by atoms with Crippen LogP contribution in [0.15, 0.2) is 16.6 Å². The van der Waals surface area contributed by atoms with Crippen LogP contribution in [0.2, 0.25) is 0 Å². The SMILES string of the molecule is CC(C)C1=C[C@H]2[C@@](C)(CCC[C@]2(C)N=C=S)CC1. The zero-order chi connectivity index (χ0) is 13.4. The molecular weight excluding hydrogens is 238 g/mol. The first-order valence-electron chi connectivity index (χ1n) is 7.21. The van der Waals surface area contributed by atoms with E-state index < -0.39 is 0 Å². The summed E-state index contributed by atoms with van der Waals surface area (Å²) in [6.45, 7) is 9.32. The molecule has 0 N–H and O–H groups in total. The highest BCUT2D eigenvalue weighted by Crippen LogP contribution is 2.54. The van der Waals surface area contributed by atoms with E-state index >= 15 is 0 Å². The Balaban J connectivity index is 2.42. The lowest BCUT2D eigenvalue weighted by Crippen LogP contribution is -2.47. The van der Waals surface area contributed by atoms with Crippen molar-refractivity contribution in [1.82, 2.24) is 0 Å². The molecule has 0 radical (unpaired) electrons. The van der Waals surface area contributed by atoms with Gasteiger partial charge in [0.1, 0.15) is 0 Å². The molecule has 1 fully saturated rings. The van der Waals surface area contributed by atoms with Crippen LogP contribution in [0.5, 0.6) is 0 Å². The Bertz CT molecular complexity index is 405. The molecule has 0 heterocycles. The summed E-state index contributed by atoms with van der Waals surface area (Å²) in [6, 6.07) is 0. The summed E-state index contributed by atoms with van der Waals surface area (Å²) in [7, 11) is 0. The molecule has 2 rings (SSSR count). The average molecular weight is 263 g/mol. The van der Waals surface area contributed by atoms with Gasteiger partial charge in [-0.1, -0.05) is 38.8 Å². The van der Waals surface area contributed by atoms with Crippen LogP contribution in [0, 0.1) is 17.3 Å². The lowest BCUT2D eigenvalue weighted by Gasteiger charge is -2.51. The minimum absolute atomic E-state index is 0.0185. The largest absolute Gasteiger partial charge is 0.225 e. The Morgan fingerprint density at radius 1 is 1.33 bits per heavy atom. The number of fused-ring (bicyclic) bond motifs is 1. The van der Waals surface area contributed by atoms with Crippen LogP contribution in [-0.2, 0) is 0 Å². The molecular formula is C16H25NS. The van der Waals surface area contributed by atoms with E-state index in [9.17, 15) is 0 Å². The molecule has 0 spiro atoms. The molecule has 0 aromatic heterocycles. The number of aliphatic imine (C=N–C) groups is 1. The quantitative estimate of drug-likeness (QED) is 0.386. The van der Waals surface area contributed by atoms with Gasteiger partial charge in [0, 0.05) is 5.92 Å². The number of thiocarbonyl (C=S) groups is 1. The second-order valence-corrected chi connectivity index (χ2v) is 7.12. The highest BCUT2D eigenvalue weighted by Gasteiger charge is 2.49. The van der Waals surface area contributed by atoms with Gasteiger partial charge in [0.25, 0.3) is 0 Å². The first-order valence-corrected chi connectivity index (χ1v) is 7.62. The van der Waals surface area contributed by atoms with Gasteiger partial charge in [0.2, 0.25) is 0 Å². The molecule has 3 atom stereocenters. The fourth-order valence-electron chi connectivity index (χ4n) is 4.01. The van der Waals surface area contributed by atoms with E-state index in [2.05, 4.69) is 43.9 Å². The molecule has 1 saturated carbocycles. The number of hydrogen-bond donors (Lipinski definition) is 0. The zero-order valence-corrected chi connectivity index (χ0v) is 12.9. The number of rotatable bonds is 2. The Labute approximate surface area is 117 Å². The van der Waals surface area contributed by atoms with Crippen LogP contribution in [0.25, 0.3) is 0 Å². The molecule has 0 amide bonds. The van der Waals surface area contributed by atoms with Gasteiger partial charge in [0.15, 0.2) is 0 Å². The second kappa shape index (κ2) is 4.90. The number of isothiocyanates is 1. The highest BCUT2D eigenvalue weighted by atomic mass is 32.1. The van der Waals surface area contributed by atoms with Crippen molar-refractivity contribution in [3.05, 3.63) is 11.6 Å². The molecule has 18 heavy (non-hydrogen) atoms. The van der Waals surface area contributed by atoms with Crippen molar-refractivity contribution in [3.63, 3.8) is 0 Å². The molecule has 2 heteroatoms. The Morgan fingerprint density at radius 2 is 2.06 bits per heavy atom. The fraction of sp³-hybridized carbons (Fsp3) is 0.812. The van der Waals surface area contributed by atoms with Crippen LogP contribution >= 0.6 is 12.2 Å². The molecule has 2 aliphatic rings. The van der Waals surface area contributed by atoms with Gasteiger partial charge in [-0.2, -0.15) is 0 Å². The average Bonchev–Trinajstić information content (AvgIpc) is 2.28. The first kappa shape index (κ1) is 14.0. The van der Waals surface area contributed by atoms with Crippen LogP contribution in [0.4, 0.5) is 0 Å². The van der Waals surface area contributed by atoms with E-state index in [1.807, 2.05) is 0 Å². The Kier molecular flexibility index (Phi) is 3.80. The van der Waals surface area contributed by atoms with Crippen molar-refractivity contribution in [1.29, 1.82) is 0 Å². The Hall–Kier alpha value is -0.460. The summed E-state index contributed by atoms with van der Waals surface area (Å²) in [5.41, 5.74) is 2.02. The molecule has 100 valence electrons. The Morgan fingerprint density at radius 3 is 2.67 bits per heavy atom. The standard InChI is InChI=1S/C16H25NS/c1-12(2)13-6-9-15(3)7-5-8-16(4,17-11-18)14(15)10-13/h10,12,14H,5-9H2,1-4H3/t14-,15-,16-/m0/s1. The van der Waals surface area contributed by atoms with Gasteiger partial charge in [0.05, 0.1) is 10.7 Å². The van der Waals surface area contributed by atoms with Crippen molar-refractivity contribution in [2.24, 2.45) is 22.2 Å². The number of allylic oxidation sites excluding steroid dienone is 1. The van der Waals surface area contributed by atoms with Gasteiger partial charge in [-0.25, -0.2) is 4.99 Å². The van der Waals surface area contributed by atoms with Gasteiger partial charge in [-0.3, -0.25) is 0 Å². The third kappa shape index (κ3) is 2.33. The van der Waals surface area contributed by atoms with Crippen molar-refractivity contribution in [2.75, 3.05) is 0 Å². The molecule has 0 saturated heterocycles. The third-order valence-corrected chi connectivity index (χ3v) is 5.35. The lowest BCUT2D eigenvalue weighted by atomic mass is 9.55. The smallest absolute Gasteiger partial charge is 0.0750 e. The monoisotopic (exact) mass is 263 g/mol. The van der Waals surface area contributed by atoms with E-state index in [4.69, 9.17) is 12.2 Å². The van der Waals surface area contributed by atoms with Gasteiger partial charge in [-0.15, -0.1) is 0 Å². The predicted molar refractivity (Wildman–Crippen MR) is 81.0 cm³/mol. The lowest BCUT2D eigenvalue weighted by molar-refractivity contribution is 0.0630. The second-order valence-electron chi connectivity index (χ2n) is 6.94. The first-order chi connectivity index (χ1) is 8.41. The van der Waals surface area contributed by atoms with Crippen molar-refractivity contribution < 1.29 is 0 Å².